The number of methoxy groups -OCH3 is 1. The first-order chi connectivity index (χ1) is 9.89. The summed E-state index contributed by atoms with van der Waals surface area (Å²) in [5.41, 5.74) is -0.461. The maximum absolute atomic E-state index is 11.8. The maximum Gasteiger partial charge on any atom is 0.237 e. The zero-order valence-corrected chi connectivity index (χ0v) is 13.7. The van der Waals surface area contributed by atoms with Gasteiger partial charge in [0.05, 0.1) is 5.92 Å². The van der Waals surface area contributed by atoms with Crippen LogP contribution in [0.3, 0.4) is 0 Å². The second-order valence-corrected chi connectivity index (χ2v) is 6.69. The van der Waals surface area contributed by atoms with E-state index in [0.29, 0.717) is 17.6 Å². The van der Waals surface area contributed by atoms with Crippen molar-refractivity contribution in [3.63, 3.8) is 0 Å². The van der Waals surface area contributed by atoms with Gasteiger partial charge in [-0.2, -0.15) is 4.98 Å². The standard InChI is InChI=1S/C16H26N2O3/c1-10(2)13(12(4)19)14-17-15(18-21-14)16(20-5)8-6-7-11(3)9-16/h10-11,13H,6-9H2,1-5H3. The predicted molar refractivity (Wildman–Crippen MR) is 78.9 cm³/mol. The third-order valence-corrected chi connectivity index (χ3v) is 4.57. The minimum Gasteiger partial charge on any atom is -0.370 e. The number of carbonyl (C=O) groups excluding carboxylic acids is 1. The van der Waals surface area contributed by atoms with Crippen LogP contribution in [-0.4, -0.2) is 23.0 Å². The Balaban J connectivity index is 2.31. The van der Waals surface area contributed by atoms with Gasteiger partial charge in [-0.05, 0) is 38.0 Å². The fraction of sp³-hybridized carbons (Fsp3) is 0.812. The highest BCUT2D eigenvalue weighted by Crippen LogP contribution is 2.41. The van der Waals surface area contributed by atoms with Crippen molar-refractivity contribution < 1.29 is 14.1 Å². The molecule has 1 heterocycles. The summed E-state index contributed by atoms with van der Waals surface area (Å²) in [6.07, 6.45) is 4.10. The monoisotopic (exact) mass is 294 g/mol. The number of nitrogens with zero attached hydrogens (tertiary/aromatic N) is 2. The number of hydrogen-bond donors (Lipinski definition) is 0. The van der Waals surface area contributed by atoms with Gasteiger partial charge in [-0.25, -0.2) is 0 Å². The third-order valence-electron chi connectivity index (χ3n) is 4.57. The number of carbonyl (C=O) groups is 1. The Labute approximate surface area is 126 Å². The smallest absolute Gasteiger partial charge is 0.237 e. The van der Waals surface area contributed by atoms with Crippen LogP contribution in [0.1, 0.15) is 71.0 Å². The summed E-state index contributed by atoms with van der Waals surface area (Å²) in [6, 6.07) is 0. The molecule has 5 nitrogen and oxygen atoms in total. The Morgan fingerprint density at radius 2 is 2.19 bits per heavy atom. The topological polar surface area (TPSA) is 65.2 Å². The SMILES string of the molecule is COC1(c2noc(C(C(C)=O)C(C)C)n2)CCCC(C)C1. The van der Waals surface area contributed by atoms with E-state index in [1.807, 2.05) is 13.8 Å². The van der Waals surface area contributed by atoms with Crippen molar-refractivity contribution >= 4 is 5.78 Å². The third kappa shape index (κ3) is 3.18. The van der Waals surface area contributed by atoms with Crippen LogP contribution in [-0.2, 0) is 15.1 Å². The lowest BCUT2D eigenvalue weighted by atomic mass is 9.78. The van der Waals surface area contributed by atoms with Gasteiger partial charge in [0.1, 0.15) is 11.4 Å². The van der Waals surface area contributed by atoms with Gasteiger partial charge in [0, 0.05) is 7.11 Å². The molecule has 0 radical (unpaired) electrons. The number of rotatable bonds is 5. The fourth-order valence-electron chi connectivity index (χ4n) is 3.46. The molecule has 0 aromatic carbocycles. The van der Waals surface area contributed by atoms with Crippen molar-refractivity contribution in [2.75, 3.05) is 7.11 Å². The van der Waals surface area contributed by atoms with Gasteiger partial charge in [-0.15, -0.1) is 0 Å². The highest BCUT2D eigenvalue weighted by molar-refractivity contribution is 5.82. The van der Waals surface area contributed by atoms with Crippen molar-refractivity contribution in [3.8, 4) is 0 Å². The summed E-state index contributed by atoms with van der Waals surface area (Å²) in [5, 5.41) is 4.14. The van der Waals surface area contributed by atoms with Crippen molar-refractivity contribution in [1.29, 1.82) is 0 Å². The molecule has 1 aliphatic carbocycles. The molecule has 1 aromatic rings. The summed E-state index contributed by atoms with van der Waals surface area (Å²) in [6.45, 7) is 7.78. The number of aromatic nitrogens is 2. The Hall–Kier alpha value is -1.23. The maximum atomic E-state index is 11.8. The average Bonchev–Trinajstić information content (AvgIpc) is 2.87. The van der Waals surface area contributed by atoms with E-state index in [0.717, 1.165) is 19.3 Å². The molecule has 118 valence electrons. The molecule has 0 N–H and O–H groups in total. The number of hydrogen-bond acceptors (Lipinski definition) is 5. The zero-order valence-electron chi connectivity index (χ0n) is 13.7. The summed E-state index contributed by atoms with van der Waals surface area (Å²) >= 11 is 0. The van der Waals surface area contributed by atoms with E-state index < -0.39 is 5.60 Å². The van der Waals surface area contributed by atoms with E-state index in [2.05, 4.69) is 17.1 Å². The molecule has 2 rings (SSSR count). The number of Topliss-reactive ketones (excluding diaryl/α,β-unsaturated/α-hetero) is 1. The molecular formula is C16H26N2O3. The van der Waals surface area contributed by atoms with Crippen molar-refractivity contribution in [3.05, 3.63) is 11.7 Å². The number of ether oxygens (including phenoxy) is 1. The van der Waals surface area contributed by atoms with Gasteiger partial charge in [-0.1, -0.05) is 32.3 Å². The van der Waals surface area contributed by atoms with E-state index in [-0.39, 0.29) is 17.6 Å². The molecule has 1 fully saturated rings. The van der Waals surface area contributed by atoms with Gasteiger partial charge < -0.3 is 9.26 Å². The average molecular weight is 294 g/mol. The lowest BCUT2D eigenvalue weighted by molar-refractivity contribution is -0.119. The highest BCUT2D eigenvalue weighted by Gasteiger charge is 2.41. The lowest BCUT2D eigenvalue weighted by Crippen LogP contribution is -2.35. The molecular weight excluding hydrogens is 268 g/mol. The highest BCUT2D eigenvalue weighted by atomic mass is 16.5. The Kier molecular flexibility index (Phi) is 4.81. The van der Waals surface area contributed by atoms with Crippen LogP contribution in [0.25, 0.3) is 0 Å². The molecule has 0 bridgehead atoms. The minimum absolute atomic E-state index is 0.0590. The second-order valence-electron chi connectivity index (χ2n) is 6.69. The van der Waals surface area contributed by atoms with Crippen LogP contribution in [0.2, 0.25) is 0 Å². The van der Waals surface area contributed by atoms with Crippen LogP contribution in [0.4, 0.5) is 0 Å². The van der Waals surface area contributed by atoms with Gasteiger partial charge in [0.15, 0.2) is 0 Å². The molecule has 0 spiro atoms. The molecule has 3 unspecified atom stereocenters. The summed E-state index contributed by atoms with van der Waals surface area (Å²) in [5.74, 6) is 1.46. The van der Waals surface area contributed by atoms with Crippen LogP contribution in [0.5, 0.6) is 0 Å². The fourth-order valence-corrected chi connectivity index (χ4v) is 3.46. The first-order valence-corrected chi connectivity index (χ1v) is 7.79. The molecule has 0 saturated heterocycles. The molecule has 0 aliphatic heterocycles. The second kappa shape index (κ2) is 6.26. The lowest BCUT2D eigenvalue weighted by Gasteiger charge is -2.36. The number of ketones is 1. The first-order valence-electron chi connectivity index (χ1n) is 7.79. The Morgan fingerprint density at radius 1 is 1.48 bits per heavy atom. The minimum atomic E-state index is -0.461. The zero-order chi connectivity index (χ0) is 15.6. The normalized spacial score (nSPS) is 27.8. The summed E-state index contributed by atoms with van der Waals surface area (Å²) in [4.78, 5) is 16.3. The van der Waals surface area contributed by atoms with E-state index >= 15 is 0 Å². The summed E-state index contributed by atoms with van der Waals surface area (Å²) in [7, 11) is 1.71. The quantitative estimate of drug-likeness (QED) is 0.832. The molecule has 1 saturated carbocycles. The van der Waals surface area contributed by atoms with E-state index in [4.69, 9.17) is 9.26 Å². The first kappa shape index (κ1) is 16.1. The van der Waals surface area contributed by atoms with Gasteiger partial charge in [-0.3, -0.25) is 4.79 Å². The van der Waals surface area contributed by atoms with Crippen molar-refractivity contribution in [1.82, 2.24) is 10.1 Å². The molecule has 0 amide bonds. The van der Waals surface area contributed by atoms with Gasteiger partial charge in [0.25, 0.3) is 0 Å². The molecule has 1 aliphatic rings. The van der Waals surface area contributed by atoms with Gasteiger partial charge in [0.2, 0.25) is 11.7 Å². The summed E-state index contributed by atoms with van der Waals surface area (Å²) < 4.78 is 11.2. The van der Waals surface area contributed by atoms with Gasteiger partial charge >= 0.3 is 0 Å². The largest absolute Gasteiger partial charge is 0.370 e. The molecule has 21 heavy (non-hydrogen) atoms. The Morgan fingerprint density at radius 3 is 2.71 bits per heavy atom. The van der Waals surface area contributed by atoms with Crippen molar-refractivity contribution in [2.45, 2.75) is 64.9 Å². The molecule has 1 aromatic heterocycles. The van der Waals surface area contributed by atoms with E-state index in [1.54, 1.807) is 14.0 Å². The van der Waals surface area contributed by atoms with E-state index in [9.17, 15) is 4.79 Å². The van der Waals surface area contributed by atoms with Crippen LogP contribution in [0.15, 0.2) is 4.52 Å². The van der Waals surface area contributed by atoms with Crippen LogP contribution < -0.4 is 0 Å². The molecule has 5 heteroatoms. The predicted octanol–water partition coefficient (Wildman–Crippen LogP) is 3.45. The Bertz CT molecular complexity index is 497. The van der Waals surface area contributed by atoms with E-state index in [1.165, 1.54) is 6.42 Å². The molecule has 3 atom stereocenters. The van der Waals surface area contributed by atoms with Crippen LogP contribution in [0, 0.1) is 11.8 Å². The van der Waals surface area contributed by atoms with Crippen LogP contribution >= 0.6 is 0 Å². The van der Waals surface area contributed by atoms with Crippen molar-refractivity contribution in [2.24, 2.45) is 11.8 Å².